The van der Waals surface area contributed by atoms with Gasteiger partial charge in [0.15, 0.2) is 0 Å². The molecule has 0 unspecified atom stereocenters. The second-order valence-corrected chi connectivity index (χ2v) is 4.53. The Morgan fingerprint density at radius 1 is 1.56 bits per heavy atom. The summed E-state index contributed by atoms with van der Waals surface area (Å²) in [6.45, 7) is 2.11. The Labute approximate surface area is 98.6 Å². The van der Waals surface area contributed by atoms with Gasteiger partial charge in [0, 0.05) is 0 Å². The Balaban J connectivity index is 2.69. The van der Waals surface area contributed by atoms with E-state index in [1.165, 1.54) is 11.8 Å². The number of hydrogen-bond donors (Lipinski definition) is 1. The van der Waals surface area contributed by atoms with Crippen LogP contribution in [0.15, 0.2) is 17.6 Å². The molecule has 0 fully saturated rings. The number of thioether (sulfide) groups is 1. The van der Waals surface area contributed by atoms with Crippen LogP contribution >= 0.6 is 11.8 Å². The molecule has 0 spiro atoms. The van der Waals surface area contributed by atoms with Gasteiger partial charge in [-0.25, -0.2) is 9.13 Å². The molecule has 0 aliphatic heterocycles. The third kappa shape index (κ3) is 3.69. The zero-order chi connectivity index (χ0) is 12.1. The summed E-state index contributed by atoms with van der Waals surface area (Å²) >= 11 is 1.46. The van der Waals surface area contributed by atoms with Crippen LogP contribution in [0.1, 0.15) is 13.3 Å². The zero-order valence-electron chi connectivity index (χ0n) is 9.47. The van der Waals surface area contributed by atoms with Gasteiger partial charge in [-0.1, -0.05) is 0 Å². The summed E-state index contributed by atoms with van der Waals surface area (Å²) in [6.07, 6.45) is 4.08. The molecule has 2 N–H and O–H groups in total. The van der Waals surface area contributed by atoms with E-state index >= 15 is 0 Å². The van der Waals surface area contributed by atoms with Gasteiger partial charge in [-0.05, 0) is 18.7 Å². The number of imidazole rings is 1. The molecule has 1 rings (SSSR count). The number of primary amides is 1. The molecule has 0 bridgehead atoms. The van der Waals surface area contributed by atoms with Gasteiger partial charge in [0.1, 0.15) is 18.2 Å². The van der Waals surface area contributed by atoms with Gasteiger partial charge in [0.25, 0.3) is 0 Å². The monoisotopic (exact) mass is 242 g/mol. The SMILES string of the molecule is CC(=O)CSc1n(CCC(N)=O)cc[n+]1C. The van der Waals surface area contributed by atoms with Crippen molar-refractivity contribution in [3.63, 3.8) is 0 Å². The minimum Gasteiger partial charge on any atom is -0.370 e. The van der Waals surface area contributed by atoms with E-state index < -0.39 is 0 Å². The molecule has 0 saturated carbocycles. The van der Waals surface area contributed by atoms with Gasteiger partial charge >= 0.3 is 5.16 Å². The van der Waals surface area contributed by atoms with Crippen LogP contribution in [-0.4, -0.2) is 22.0 Å². The van der Waals surface area contributed by atoms with Crippen LogP contribution in [0.5, 0.6) is 0 Å². The Morgan fingerprint density at radius 2 is 2.25 bits per heavy atom. The van der Waals surface area contributed by atoms with Crippen molar-refractivity contribution in [1.29, 1.82) is 0 Å². The molecule has 0 aliphatic rings. The van der Waals surface area contributed by atoms with Crippen molar-refractivity contribution in [1.82, 2.24) is 4.57 Å². The van der Waals surface area contributed by atoms with Crippen LogP contribution in [-0.2, 0) is 23.2 Å². The maximum absolute atomic E-state index is 10.9. The fourth-order valence-corrected chi connectivity index (χ4v) is 2.18. The number of carbonyl (C=O) groups is 2. The van der Waals surface area contributed by atoms with Crippen molar-refractivity contribution in [3.05, 3.63) is 12.4 Å². The maximum atomic E-state index is 10.9. The van der Waals surface area contributed by atoms with Gasteiger partial charge < -0.3 is 5.73 Å². The molecule has 1 aromatic heterocycles. The second-order valence-electron chi connectivity index (χ2n) is 3.59. The van der Waals surface area contributed by atoms with Gasteiger partial charge in [0.2, 0.25) is 5.91 Å². The summed E-state index contributed by atoms with van der Waals surface area (Å²) in [4.78, 5) is 21.6. The lowest BCUT2D eigenvalue weighted by molar-refractivity contribution is -0.709. The summed E-state index contributed by atoms with van der Waals surface area (Å²) in [5, 5.41) is 0.955. The minimum absolute atomic E-state index is 0.132. The van der Waals surface area contributed by atoms with E-state index in [9.17, 15) is 9.59 Å². The molecule has 16 heavy (non-hydrogen) atoms. The van der Waals surface area contributed by atoms with E-state index in [2.05, 4.69) is 0 Å². The van der Waals surface area contributed by atoms with Crippen molar-refractivity contribution in [2.45, 2.75) is 25.0 Å². The van der Waals surface area contributed by atoms with Crippen molar-refractivity contribution in [2.75, 3.05) is 5.75 Å². The molecule has 0 radical (unpaired) electrons. The Kier molecular flexibility index (Phi) is 4.54. The number of aryl methyl sites for hydroxylation is 2. The lowest BCUT2D eigenvalue weighted by atomic mass is 10.4. The quantitative estimate of drug-likeness (QED) is 0.558. The standard InChI is InChI=1S/C10H15N3O2S/c1-8(14)7-16-10-12(2)5-6-13(10)4-3-9(11)15/h5-6H,3-4,7H2,1-2H3,(H-,11,15)/p+1. The van der Waals surface area contributed by atoms with E-state index in [1.54, 1.807) is 6.92 Å². The number of aromatic nitrogens is 2. The molecular formula is C10H16N3O2S+. The van der Waals surface area contributed by atoms with E-state index in [4.69, 9.17) is 5.73 Å². The van der Waals surface area contributed by atoms with Crippen molar-refractivity contribution in [2.24, 2.45) is 12.8 Å². The average molecular weight is 242 g/mol. The first kappa shape index (κ1) is 12.8. The predicted molar refractivity (Wildman–Crippen MR) is 60.8 cm³/mol. The molecule has 0 aliphatic carbocycles. The molecule has 6 heteroatoms. The van der Waals surface area contributed by atoms with Crippen LogP contribution in [0.2, 0.25) is 0 Å². The molecular weight excluding hydrogens is 226 g/mol. The second kappa shape index (κ2) is 5.69. The van der Waals surface area contributed by atoms with Crippen LogP contribution in [0, 0.1) is 0 Å². The van der Waals surface area contributed by atoms with E-state index in [0.29, 0.717) is 18.7 Å². The first-order chi connectivity index (χ1) is 7.50. The number of nitrogens with zero attached hydrogens (tertiary/aromatic N) is 2. The Morgan fingerprint density at radius 3 is 2.81 bits per heavy atom. The maximum Gasteiger partial charge on any atom is 0.318 e. The first-order valence-corrected chi connectivity index (χ1v) is 5.94. The van der Waals surface area contributed by atoms with Crippen molar-refractivity contribution < 1.29 is 14.2 Å². The van der Waals surface area contributed by atoms with Crippen molar-refractivity contribution in [3.8, 4) is 0 Å². The summed E-state index contributed by atoms with van der Waals surface area (Å²) in [7, 11) is 1.91. The molecule has 1 aromatic rings. The van der Waals surface area contributed by atoms with Gasteiger partial charge in [-0.2, -0.15) is 0 Å². The molecule has 1 heterocycles. The number of Topliss-reactive ketones (excluding diaryl/α,β-unsaturated/α-hetero) is 1. The summed E-state index contributed by atoms with van der Waals surface area (Å²) in [5.74, 6) is 0.251. The highest BCUT2D eigenvalue weighted by Gasteiger charge is 2.16. The third-order valence-electron chi connectivity index (χ3n) is 2.02. The third-order valence-corrected chi connectivity index (χ3v) is 3.35. The number of ketones is 1. The smallest absolute Gasteiger partial charge is 0.318 e. The van der Waals surface area contributed by atoms with E-state index in [-0.39, 0.29) is 11.7 Å². The van der Waals surface area contributed by atoms with E-state index in [1.807, 2.05) is 28.6 Å². The highest BCUT2D eigenvalue weighted by molar-refractivity contribution is 7.99. The van der Waals surface area contributed by atoms with Crippen LogP contribution in [0.25, 0.3) is 0 Å². The van der Waals surface area contributed by atoms with E-state index in [0.717, 1.165) is 5.16 Å². The largest absolute Gasteiger partial charge is 0.370 e. The van der Waals surface area contributed by atoms with Gasteiger partial charge in [-0.15, -0.1) is 0 Å². The first-order valence-electron chi connectivity index (χ1n) is 4.96. The number of carbonyl (C=O) groups excluding carboxylic acids is 2. The highest BCUT2D eigenvalue weighted by atomic mass is 32.2. The summed E-state index contributed by atoms with van der Waals surface area (Å²) < 4.78 is 3.85. The fourth-order valence-electron chi connectivity index (χ4n) is 1.26. The number of amides is 1. The average Bonchev–Trinajstić information content (AvgIpc) is 2.53. The molecule has 5 nitrogen and oxygen atoms in total. The number of nitrogens with two attached hydrogens (primary N) is 1. The Hall–Kier alpha value is -1.30. The van der Waals surface area contributed by atoms with Crippen LogP contribution in [0.4, 0.5) is 0 Å². The van der Waals surface area contributed by atoms with Crippen LogP contribution < -0.4 is 10.3 Å². The molecule has 0 atom stereocenters. The predicted octanol–water partition coefficient (Wildman–Crippen LogP) is -0.131. The van der Waals surface area contributed by atoms with Crippen LogP contribution in [0.3, 0.4) is 0 Å². The zero-order valence-corrected chi connectivity index (χ0v) is 10.3. The minimum atomic E-state index is -0.320. The van der Waals surface area contributed by atoms with Gasteiger partial charge in [0.05, 0.1) is 25.8 Å². The number of rotatable bonds is 6. The molecule has 88 valence electrons. The summed E-state index contributed by atoms with van der Waals surface area (Å²) in [6, 6.07) is 0. The topological polar surface area (TPSA) is 69.0 Å². The molecule has 0 saturated heterocycles. The Bertz CT molecular complexity index is 401. The normalized spacial score (nSPS) is 10.4. The van der Waals surface area contributed by atoms with Gasteiger partial charge in [-0.3, -0.25) is 9.59 Å². The fraction of sp³-hybridized carbons (Fsp3) is 0.500. The lowest BCUT2D eigenvalue weighted by Crippen LogP contribution is -2.29. The lowest BCUT2D eigenvalue weighted by Gasteiger charge is -2.00. The highest BCUT2D eigenvalue weighted by Crippen LogP contribution is 2.14. The molecule has 1 amide bonds. The number of hydrogen-bond acceptors (Lipinski definition) is 3. The van der Waals surface area contributed by atoms with Crippen molar-refractivity contribution >= 4 is 23.5 Å². The molecule has 0 aromatic carbocycles. The summed E-state index contributed by atoms with van der Waals surface area (Å²) in [5.41, 5.74) is 5.10.